The number of hydrogen-bond donors (Lipinski definition) is 2. The van der Waals surface area contributed by atoms with Gasteiger partial charge in [-0.1, -0.05) is 129 Å². The van der Waals surface area contributed by atoms with Crippen molar-refractivity contribution >= 4 is 19.8 Å². The van der Waals surface area contributed by atoms with Gasteiger partial charge in [0, 0.05) is 12.8 Å². The first kappa shape index (κ1) is 39.8. The molecule has 0 bridgehead atoms. The first-order valence-electron chi connectivity index (χ1n) is 16.5. The van der Waals surface area contributed by atoms with Gasteiger partial charge in [0.05, 0.1) is 6.61 Å². The molecule has 0 aliphatic heterocycles. The number of phosphoric acid groups is 1. The van der Waals surface area contributed by atoms with Gasteiger partial charge in [0.1, 0.15) is 6.61 Å². The Balaban J connectivity index is 4.02. The van der Waals surface area contributed by atoms with Crippen molar-refractivity contribution in [1.82, 2.24) is 0 Å². The fourth-order valence-corrected chi connectivity index (χ4v) is 4.89. The zero-order valence-corrected chi connectivity index (χ0v) is 27.1. The van der Waals surface area contributed by atoms with Crippen LogP contribution < -0.4 is 0 Å². The maximum atomic E-state index is 12.3. The van der Waals surface area contributed by atoms with Crippen molar-refractivity contribution in [2.75, 3.05) is 13.2 Å². The summed E-state index contributed by atoms with van der Waals surface area (Å²) in [6.07, 6.45) is 27.9. The van der Waals surface area contributed by atoms with Crippen LogP contribution in [-0.2, 0) is 28.2 Å². The van der Waals surface area contributed by atoms with Crippen molar-refractivity contribution in [2.45, 2.75) is 168 Å². The van der Waals surface area contributed by atoms with E-state index in [4.69, 9.17) is 19.3 Å². The minimum Gasteiger partial charge on any atom is -0.462 e. The highest BCUT2D eigenvalue weighted by molar-refractivity contribution is 7.46. The smallest absolute Gasteiger partial charge is 0.462 e. The molecule has 2 N–H and O–H groups in total. The standard InChI is InChI=1S/C32H61O8P/c1-3-5-7-9-11-13-15-17-19-21-23-25-27-32(34)40-30(29-39-41(35,36)37)28-38-31(33)26-24-22-20-18-16-14-12-10-8-6-4-2/h10,12,30H,3-9,11,13-29H2,1-2H3,(H2,35,36,37)/b12-10-/t30-/m1/s1. The van der Waals surface area contributed by atoms with Gasteiger partial charge in [-0.25, -0.2) is 4.57 Å². The molecule has 0 heterocycles. The Labute approximate surface area is 250 Å². The van der Waals surface area contributed by atoms with Crippen LogP contribution in [0.1, 0.15) is 162 Å². The maximum absolute atomic E-state index is 12.3. The fourth-order valence-electron chi connectivity index (χ4n) is 4.53. The summed E-state index contributed by atoms with van der Waals surface area (Å²) >= 11 is 0. The van der Waals surface area contributed by atoms with Gasteiger partial charge in [-0.05, 0) is 32.1 Å². The first-order chi connectivity index (χ1) is 19.8. The normalized spacial score (nSPS) is 12.6. The van der Waals surface area contributed by atoms with E-state index in [1.807, 2.05) is 0 Å². The summed E-state index contributed by atoms with van der Waals surface area (Å²) < 4.78 is 26.2. The van der Waals surface area contributed by atoms with Crippen molar-refractivity contribution < 1.29 is 37.9 Å². The third-order valence-corrected chi connectivity index (χ3v) is 7.52. The Morgan fingerprint density at radius 2 is 1.05 bits per heavy atom. The Hall–Kier alpha value is -1.21. The van der Waals surface area contributed by atoms with E-state index in [0.717, 1.165) is 57.8 Å². The van der Waals surface area contributed by atoms with E-state index in [0.29, 0.717) is 12.8 Å². The monoisotopic (exact) mass is 604 g/mol. The van der Waals surface area contributed by atoms with Gasteiger partial charge in [-0.2, -0.15) is 0 Å². The average molecular weight is 605 g/mol. The van der Waals surface area contributed by atoms with Crippen molar-refractivity contribution in [3.05, 3.63) is 12.2 Å². The zero-order valence-electron chi connectivity index (χ0n) is 26.2. The van der Waals surface area contributed by atoms with Gasteiger partial charge < -0.3 is 19.3 Å². The van der Waals surface area contributed by atoms with Crippen molar-refractivity contribution in [2.24, 2.45) is 0 Å². The molecule has 242 valence electrons. The SMILES string of the molecule is CCCC/C=C\CCCCCCCC(=O)OC[C@H](COP(=O)(O)O)OC(=O)CCCCCCCCCCCCCC. The highest BCUT2D eigenvalue weighted by atomic mass is 31.2. The van der Waals surface area contributed by atoms with Crippen molar-refractivity contribution in [3.63, 3.8) is 0 Å². The minimum atomic E-state index is -4.74. The number of carbonyl (C=O) groups excluding carboxylic acids is 2. The Kier molecular flexibility index (Phi) is 28.0. The van der Waals surface area contributed by atoms with Gasteiger partial charge in [0.25, 0.3) is 0 Å². The third kappa shape index (κ3) is 31.6. The lowest BCUT2D eigenvalue weighted by Crippen LogP contribution is -2.29. The second kappa shape index (κ2) is 28.9. The van der Waals surface area contributed by atoms with Crippen LogP contribution in [0.15, 0.2) is 12.2 Å². The van der Waals surface area contributed by atoms with Gasteiger partial charge >= 0.3 is 19.8 Å². The maximum Gasteiger partial charge on any atom is 0.469 e. The molecule has 0 spiro atoms. The fraction of sp³-hybridized carbons (Fsp3) is 0.875. The number of allylic oxidation sites excluding steroid dienone is 2. The second-order valence-corrected chi connectivity index (χ2v) is 12.4. The highest BCUT2D eigenvalue weighted by Gasteiger charge is 2.22. The largest absolute Gasteiger partial charge is 0.469 e. The van der Waals surface area contributed by atoms with Crippen LogP contribution in [0.25, 0.3) is 0 Å². The number of esters is 2. The summed E-state index contributed by atoms with van der Waals surface area (Å²) in [7, 11) is -4.74. The predicted octanol–water partition coefficient (Wildman–Crippen LogP) is 9.12. The molecule has 0 fully saturated rings. The molecule has 9 heteroatoms. The quantitative estimate of drug-likeness (QED) is 0.0360. The van der Waals surface area contributed by atoms with E-state index in [2.05, 4.69) is 30.5 Å². The minimum absolute atomic E-state index is 0.215. The van der Waals surface area contributed by atoms with Crippen LogP contribution in [0, 0.1) is 0 Å². The lowest BCUT2D eigenvalue weighted by atomic mass is 10.0. The molecule has 0 saturated heterocycles. The number of ether oxygens (including phenoxy) is 2. The molecule has 0 amide bonds. The van der Waals surface area contributed by atoms with Crippen molar-refractivity contribution in [3.8, 4) is 0 Å². The number of unbranched alkanes of at least 4 members (excludes halogenated alkanes) is 18. The van der Waals surface area contributed by atoms with Crippen LogP contribution in [0.2, 0.25) is 0 Å². The number of phosphoric ester groups is 1. The molecular weight excluding hydrogens is 543 g/mol. The summed E-state index contributed by atoms with van der Waals surface area (Å²) in [6.45, 7) is 3.61. The van der Waals surface area contributed by atoms with Gasteiger partial charge in [-0.3, -0.25) is 14.1 Å². The summed E-state index contributed by atoms with van der Waals surface area (Å²) in [5.74, 6) is -0.894. The van der Waals surface area contributed by atoms with Crippen molar-refractivity contribution in [1.29, 1.82) is 0 Å². The third-order valence-electron chi connectivity index (χ3n) is 7.03. The van der Waals surface area contributed by atoms with Crippen LogP contribution in [0.4, 0.5) is 0 Å². The average Bonchev–Trinajstić information content (AvgIpc) is 2.93. The molecule has 41 heavy (non-hydrogen) atoms. The Morgan fingerprint density at radius 1 is 0.610 bits per heavy atom. The molecule has 0 aromatic rings. The molecule has 0 saturated carbocycles. The van der Waals surface area contributed by atoms with Crippen LogP contribution in [0.5, 0.6) is 0 Å². The second-order valence-electron chi connectivity index (χ2n) is 11.1. The molecule has 0 aliphatic rings. The topological polar surface area (TPSA) is 119 Å². The van der Waals surface area contributed by atoms with E-state index < -0.39 is 32.5 Å². The molecule has 0 unspecified atom stereocenters. The Bertz CT molecular complexity index is 691. The summed E-state index contributed by atoms with van der Waals surface area (Å²) in [6, 6.07) is 0. The summed E-state index contributed by atoms with van der Waals surface area (Å²) in [5.41, 5.74) is 0. The molecule has 0 rings (SSSR count). The number of hydrogen-bond acceptors (Lipinski definition) is 6. The lowest BCUT2D eigenvalue weighted by molar-refractivity contribution is -0.161. The summed E-state index contributed by atoms with van der Waals surface area (Å²) in [4.78, 5) is 42.4. The summed E-state index contributed by atoms with van der Waals surface area (Å²) in [5, 5.41) is 0. The van der Waals surface area contributed by atoms with E-state index in [9.17, 15) is 14.2 Å². The molecular formula is C32H61O8P. The van der Waals surface area contributed by atoms with Gasteiger partial charge in [0.15, 0.2) is 6.10 Å². The van der Waals surface area contributed by atoms with Crippen LogP contribution in [-0.4, -0.2) is 41.0 Å². The van der Waals surface area contributed by atoms with E-state index >= 15 is 0 Å². The van der Waals surface area contributed by atoms with E-state index in [1.165, 1.54) is 64.2 Å². The highest BCUT2D eigenvalue weighted by Crippen LogP contribution is 2.35. The zero-order chi connectivity index (χ0) is 30.4. The van der Waals surface area contributed by atoms with Crippen LogP contribution >= 0.6 is 7.82 Å². The molecule has 8 nitrogen and oxygen atoms in total. The van der Waals surface area contributed by atoms with Gasteiger partial charge in [0.2, 0.25) is 0 Å². The number of rotatable bonds is 30. The molecule has 0 aromatic heterocycles. The molecule has 1 atom stereocenters. The van der Waals surface area contributed by atoms with E-state index in [-0.39, 0.29) is 19.4 Å². The molecule has 0 radical (unpaired) electrons. The predicted molar refractivity (Wildman–Crippen MR) is 166 cm³/mol. The van der Waals surface area contributed by atoms with Gasteiger partial charge in [-0.15, -0.1) is 0 Å². The first-order valence-corrected chi connectivity index (χ1v) is 18.0. The lowest BCUT2D eigenvalue weighted by Gasteiger charge is -2.18. The van der Waals surface area contributed by atoms with E-state index in [1.54, 1.807) is 0 Å². The number of carbonyl (C=O) groups is 2. The van der Waals surface area contributed by atoms with Crippen LogP contribution in [0.3, 0.4) is 0 Å². The Morgan fingerprint density at radius 3 is 1.56 bits per heavy atom. The molecule has 0 aromatic carbocycles. The molecule has 0 aliphatic carbocycles.